The fourth-order valence-electron chi connectivity index (χ4n) is 5.96. The molecule has 0 bridgehead atoms. The van der Waals surface area contributed by atoms with E-state index in [2.05, 4.69) is 84.3 Å². The molecule has 1 N–H and O–H groups in total. The molecule has 0 aliphatic rings. The molecule has 6 aromatic rings. The van der Waals surface area contributed by atoms with E-state index in [1.807, 2.05) is 47.7 Å². The molecule has 0 fully saturated rings. The molecule has 0 amide bonds. The fraction of sp³-hybridized carbons (Fsp3) is 0.333. The molecular weight excluding hydrogens is 721 g/mol. The van der Waals surface area contributed by atoms with Crippen LogP contribution in [0.1, 0.15) is 72.8 Å². The Balaban J connectivity index is 0.000000218. The van der Waals surface area contributed by atoms with Gasteiger partial charge in [0.1, 0.15) is 5.76 Å². The van der Waals surface area contributed by atoms with E-state index in [9.17, 15) is 9.90 Å². The first-order chi connectivity index (χ1) is 20.6. The van der Waals surface area contributed by atoms with Crippen molar-refractivity contribution in [3.05, 3.63) is 96.4 Å². The SMILES string of the molecule is CCC(C)(CC)C(=O)/C=C(\O)C(C)(CC)CC.Cc1[c-]c2c(cc1)c1cccc3c1c1c2nccc1n3-c1ccccc1.[Ir]. The summed E-state index contributed by atoms with van der Waals surface area (Å²) < 4.78 is 2.35. The van der Waals surface area contributed by atoms with Gasteiger partial charge in [0.2, 0.25) is 0 Å². The van der Waals surface area contributed by atoms with Crippen LogP contribution >= 0.6 is 0 Å². The number of hydrogen-bond acceptors (Lipinski definition) is 3. The average molecular weight is 764 g/mol. The van der Waals surface area contributed by atoms with E-state index >= 15 is 0 Å². The van der Waals surface area contributed by atoms with E-state index in [1.165, 1.54) is 44.3 Å². The van der Waals surface area contributed by atoms with Crippen molar-refractivity contribution in [2.75, 3.05) is 0 Å². The molecule has 2 heterocycles. The molecule has 4 nitrogen and oxygen atoms in total. The topological polar surface area (TPSA) is 55.1 Å². The number of ketones is 1. The summed E-state index contributed by atoms with van der Waals surface area (Å²) in [4.78, 5) is 16.9. The number of aliphatic hydroxyl groups is 1. The standard InChI is InChI=1S/C24H15N2.C15H28O2.Ir/c1-15-10-11-17-18-8-5-9-20-22(18)23-21(12-13-25-24(23)19(17)14-15)26(20)16-6-3-2-4-7-16;1-7-14(5,8-2)12(16)11-13(17)15(6,9-3)10-4;/h2-13H,1H3;11,16H,7-10H2,1-6H3;/q-1;;/b;12-11-;. The first kappa shape index (κ1) is 33.4. The van der Waals surface area contributed by atoms with Crippen LogP contribution in [0.3, 0.4) is 0 Å². The van der Waals surface area contributed by atoms with Crippen LogP contribution in [0.25, 0.3) is 49.2 Å². The zero-order chi connectivity index (χ0) is 30.9. The van der Waals surface area contributed by atoms with E-state index in [4.69, 9.17) is 4.98 Å². The second kappa shape index (κ2) is 13.2. The van der Waals surface area contributed by atoms with Crippen LogP contribution in [-0.4, -0.2) is 20.4 Å². The van der Waals surface area contributed by atoms with Gasteiger partial charge in [0.15, 0.2) is 5.78 Å². The number of allylic oxidation sites excluding steroid dienone is 2. The van der Waals surface area contributed by atoms with Crippen LogP contribution in [0.4, 0.5) is 0 Å². The van der Waals surface area contributed by atoms with Crippen LogP contribution in [0, 0.1) is 23.8 Å². The summed E-state index contributed by atoms with van der Waals surface area (Å²) in [6.45, 7) is 14.2. The number of rotatable bonds is 8. The minimum absolute atomic E-state index is 0. The van der Waals surface area contributed by atoms with Gasteiger partial charge < -0.3 is 14.7 Å². The number of aryl methyl sites for hydroxylation is 1. The predicted octanol–water partition coefficient (Wildman–Crippen LogP) is 10.7. The van der Waals surface area contributed by atoms with Crippen molar-refractivity contribution >= 4 is 49.3 Å². The van der Waals surface area contributed by atoms with Crippen LogP contribution in [-0.2, 0) is 24.9 Å². The monoisotopic (exact) mass is 764 g/mol. The van der Waals surface area contributed by atoms with Gasteiger partial charge in [-0.3, -0.25) is 4.79 Å². The number of aliphatic hydroxyl groups excluding tert-OH is 1. The minimum atomic E-state index is -0.337. The number of aromatic nitrogens is 2. The van der Waals surface area contributed by atoms with E-state index in [1.54, 1.807) is 0 Å². The number of carbonyl (C=O) groups is 1. The Morgan fingerprint density at radius 2 is 1.45 bits per heavy atom. The molecule has 6 rings (SSSR count). The van der Waals surface area contributed by atoms with Crippen molar-refractivity contribution in [3.63, 3.8) is 0 Å². The zero-order valence-electron chi connectivity index (χ0n) is 26.9. The van der Waals surface area contributed by atoms with Crippen molar-refractivity contribution in [2.24, 2.45) is 10.8 Å². The Hall–Kier alpha value is -3.53. The normalized spacial score (nSPS) is 12.5. The molecule has 231 valence electrons. The summed E-state index contributed by atoms with van der Waals surface area (Å²) in [5.74, 6) is 0.286. The van der Waals surface area contributed by atoms with Gasteiger partial charge >= 0.3 is 0 Å². The van der Waals surface area contributed by atoms with Crippen LogP contribution in [0.15, 0.2) is 84.8 Å². The quantitative estimate of drug-likeness (QED) is 0.0727. The summed E-state index contributed by atoms with van der Waals surface area (Å²) in [6, 6.07) is 27.1. The fourth-order valence-corrected chi connectivity index (χ4v) is 5.96. The molecule has 4 aromatic carbocycles. The molecule has 0 aliphatic carbocycles. The van der Waals surface area contributed by atoms with Crippen LogP contribution in [0.5, 0.6) is 0 Å². The molecule has 0 saturated heterocycles. The smallest absolute Gasteiger partial charge is 0.164 e. The molecule has 0 unspecified atom stereocenters. The number of para-hydroxylation sites is 1. The molecule has 5 heteroatoms. The number of nitrogens with zero attached hydrogens (tertiary/aromatic N) is 2. The van der Waals surface area contributed by atoms with Gasteiger partial charge in [0, 0.05) is 54.4 Å². The van der Waals surface area contributed by atoms with Gasteiger partial charge in [-0.2, -0.15) is 0 Å². The maximum absolute atomic E-state index is 12.2. The summed E-state index contributed by atoms with van der Waals surface area (Å²) in [5.41, 5.74) is 5.18. The third-order valence-electron chi connectivity index (χ3n) is 9.94. The van der Waals surface area contributed by atoms with Crippen molar-refractivity contribution in [2.45, 2.75) is 74.1 Å². The molecule has 2 aromatic heterocycles. The van der Waals surface area contributed by atoms with Crippen LogP contribution < -0.4 is 0 Å². The number of carbonyl (C=O) groups excluding carboxylic acids is 1. The first-order valence-corrected chi connectivity index (χ1v) is 15.6. The van der Waals surface area contributed by atoms with Crippen molar-refractivity contribution < 1.29 is 30.0 Å². The number of hydrogen-bond donors (Lipinski definition) is 1. The first-order valence-electron chi connectivity index (χ1n) is 15.6. The van der Waals surface area contributed by atoms with Gasteiger partial charge in [0.25, 0.3) is 0 Å². The van der Waals surface area contributed by atoms with Gasteiger partial charge in [-0.05, 0) is 66.2 Å². The molecular formula is C39H43IrN2O2-. The molecule has 0 spiro atoms. The molecule has 0 atom stereocenters. The summed E-state index contributed by atoms with van der Waals surface area (Å²) in [5, 5.41) is 16.3. The van der Waals surface area contributed by atoms with Gasteiger partial charge in [-0.15, -0.1) is 29.1 Å². The summed E-state index contributed by atoms with van der Waals surface area (Å²) in [7, 11) is 0. The number of fused-ring (bicyclic) bond motifs is 3. The van der Waals surface area contributed by atoms with E-state index in [0.29, 0.717) is 0 Å². The Kier molecular flexibility index (Phi) is 10.0. The maximum atomic E-state index is 12.2. The minimum Gasteiger partial charge on any atom is -0.512 e. The molecule has 0 saturated carbocycles. The molecule has 44 heavy (non-hydrogen) atoms. The Bertz CT molecular complexity index is 1930. The summed E-state index contributed by atoms with van der Waals surface area (Å²) in [6.07, 6.45) is 6.67. The van der Waals surface area contributed by atoms with Gasteiger partial charge in [0.05, 0.1) is 5.52 Å². The van der Waals surface area contributed by atoms with Crippen molar-refractivity contribution in [1.29, 1.82) is 0 Å². The van der Waals surface area contributed by atoms with Crippen molar-refractivity contribution in [1.82, 2.24) is 9.55 Å². The zero-order valence-corrected chi connectivity index (χ0v) is 29.3. The van der Waals surface area contributed by atoms with E-state index in [-0.39, 0.29) is 42.5 Å². The second-order valence-corrected chi connectivity index (χ2v) is 12.3. The molecule has 0 aliphatic heterocycles. The van der Waals surface area contributed by atoms with Crippen LogP contribution in [0.2, 0.25) is 0 Å². The van der Waals surface area contributed by atoms with Gasteiger partial charge in [-0.25, -0.2) is 0 Å². The Morgan fingerprint density at radius 1 is 0.818 bits per heavy atom. The third kappa shape index (κ3) is 5.69. The summed E-state index contributed by atoms with van der Waals surface area (Å²) >= 11 is 0. The van der Waals surface area contributed by atoms with Gasteiger partial charge in [-0.1, -0.05) is 89.6 Å². The Labute approximate surface area is 274 Å². The van der Waals surface area contributed by atoms with E-state index < -0.39 is 0 Å². The number of benzene rings is 4. The Morgan fingerprint density at radius 3 is 2.09 bits per heavy atom. The number of pyridine rings is 1. The van der Waals surface area contributed by atoms with Crippen molar-refractivity contribution in [3.8, 4) is 5.69 Å². The third-order valence-corrected chi connectivity index (χ3v) is 9.94. The average Bonchev–Trinajstić information content (AvgIpc) is 3.39. The predicted molar refractivity (Wildman–Crippen MR) is 181 cm³/mol. The molecule has 1 radical (unpaired) electrons. The maximum Gasteiger partial charge on any atom is 0.164 e. The largest absolute Gasteiger partial charge is 0.512 e. The van der Waals surface area contributed by atoms with E-state index in [0.717, 1.165) is 42.1 Å². The second-order valence-electron chi connectivity index (χ2n) is 12.3.